The topological polar surface area (TPSA) is 51.9 Å². The third kappa shape index (κ3) is 3.22. The van der Waals surface area contributed by atoms with Crippen LogP contribution in [-0.2, 0) is 19.4 Å². The second-order valence-corrected chi connectivity index (χ2v) is 8.23. The van der Waals surface area contributed by atoms with Crippen molar-refractivity contribution >= 4 is 16.7 Å². The number of ether oxygens (including phenoxy) is 2. The molecule has 1 aromatic heterocycles. The summed E-state index contributed by atoms with van der Waals surface area (Å²) in [6.45, 7) is 6.13. The molecule has 1 aliphatic heterocycles. The van der Waals surface area contributed by atoms with Crippen LogP contribution in [0, 0.1) is 6.92 Å². The molecule has 0 spiro atoms. The van der Waals surface area contributed by atoms with E-state index in [-0.39, 0.29) is 5.63 Å². The fraction of sp³-hybridized carbons (Fsp3) is 0.400. The molecule has 0 bridgehead atoms. The highest BCUT2D eigenvalue weighted by molar-refractivity contribution is 5.87. The molecule has 0 saturated heterocycles. The predicted molar refractivity (Wildman–Crippen MR) is 118 cm³/mol. The Balaban J connectivity index is 1.45. The van der Waals surface area contributed by atoms with Gasteiger partial charge in [-0.2, -0.15) is 0 Å². The van der Waals surface area contributed by atoms with Crippen LogP contribution in [0.25, 0.3) is 11.0 Å². The van der Waals surface area contributed by atoms with Crippen LogP contribution < -0.4 is 20.0 Å². The summed E-state index contributed by atoms with van der Waals surface area (Å²) in [5, 5.41) is 1.07. The lowest BCUT2D eigenvalue weighted by molar-refractivity contribution is 0.287. The molecule has 0 atom stereocenters. The minimum atomic E-state index is -0.184. The average molecular weight is 405 g/mol. The standard InChI is InChI=1S/C25H27NO4/c1-3-4-12-28-19-10-8-18(9-11-19)26-14-17-13-22-20-6-5-7-21(20)25(27)30-24(22)16(2)23(17)29-15-26/h8-11,13H,3-7,12,14-15H2,1-2H3. The van der Waals surface area contributed by atoms with E-state index in [2.05, 4.69) is 30.0 Å². The highest BCUT2D eigenvalue weighted by atomic mass is 16.5. The van der Waals surface area contributed by atoms with Gasteiger partial charge < -0.3 is 18.8 Å². The van der Waals surface area contributed by atoms with E-state index in [0.29, 0.717) is 12.3 Å². The summed E-state index contributed by atoms with van der Waals surface area (Å²) < 4.78 is 17.6. The molecule has 0 N–H and O–H groups in total. The van der Waals surface area contributed by atoms with Gasteiger partial charge in [-0.25, -0.2) is 4.79 Å². The lowest BCUT2D eigenvalue weighted by atomic mass is 9.99. The molecule has 0 unspecified atom stereocenters. The van der Waals surface area contributed by atoms with Crippen molar-refractivity contribution in [1.82, 2.24) is 0 Å². The van der Waals surface area contributed by atoms with Gasteiger partial charge in [0, 0.05) is 34.3 Å². The molecular formula is C25H27NO4. The van der Waals surface area contributed by atoms with E-state index < -0.39 is 0 Å². The van der Waals surface area contributed by atoms with Gasteiger partial charge in [0.2, 0.25) is 0 Å². The molecule has 0 saturated carbocycles. The first-order valence-corrected chi connectivity index (χ1v) is 10.9. The summed E-state index contributed by atoms with van der Waals surface area (Å²) in [5.74, 6) is 1.75. The number of rotatable bonds is 5. The highest BCUT2D eigenvalue weighted by Gasteiger charge is 2.26. The Morgan fingerprint density at radius 1 is 1.13 bits per heavy atom. The van der Waals surface area contributed by atoms with E-state index in [1.165, 1.54) is 0 Å². The Kier molecular flexibility index (Phi) is 4.89. The van der Waals surface area contributed by atoms with E-state index in [1.807, 2.05) is 19.1 Å². The summed E-state index contributed by atoms with van der Waals surface area (Å²) >= 11 is 0. The molecule has 5 nitrogen and oxygen atoms in total. The minimum Gasteiger partial charge on any atom is -0.494 e. The maximum Gasteiger partial charge on any atom is 0.339 e. The molecule has 1 aliphatic carbocycles. The van der Waals surface area contributed by atoms with Crippen LogP contribution >= 0.6 is 0 Å². The fourth-order valence-corrected chi connectivity index (χ4v) is 4.59. The van der Waals surface area contributed by atoms with Gasteiger partial charge in [-0.3, -0.25) is 0 Å². The Morgan fingerprint density at radius 3 is 2.73 bits per heavy atom. The summed E-state index contributed by atoms with van der Waals surface area (Å²) in [4.78, 5) is 14.6. The Morgan fingerprint density at radius 2 is 1.93 bits per heavy atom. The summed E-state index contributed by atoms with van der Waals surface area (Å²) in [6.07, 6.45) is 4.97. The van der Waals surface area contributed by atoms with Crippen molar-refractivity contribution in [2.24, 2.45) is 0 Å². The first-order valence-electron chi connectivity index (χ1n) is 10.9. The Bertz CT molecular complexity index is 1150. The predicted octanol–water partition coefficient (Wildman–Crippen LogP) is 5.13. The van der Waals surface area contributed by atoms with Crippen LogP contribution in [0.15, 0.2) is 39.5 Å². The third-order valence-electron chi connectivity index (χ3n) is 6.21. The second-order valence-electron chi connectivity index (χ2n) is 8.23. The molecular weight excluding hydrogens is 378 g/mol. The molecule has 5 heteroatoms. The van der Waals surface area contributed by atoms with Crippen molar-refractivity contribution in [3.8, 4) is 11.5 Å². The molecule has 30 heavy (non-hydrogen) atoms. The van der Waals surface area contributed by atoms with Gasteiger partial charge in [-0.15, -0.1) is 0 Å². The number of nitrogens with zero attached hydrogens (tertiary/aromatic N) is 1. The number of anilines is 1. The zero-order valence-corrected chi connectivity index (χ0v) is 17.6. The Hall–Kier alpha value is -2.95. The summed E-state index contributed by atoms with van der Waals surface area (Å²) in [6, 6.07) is 10.4. The normalized spacial score (nSPS) is 15.1. The van der Waals surface area contributed by atoms with Crippen molar-refractivity contribution in [3.05, 3.63) is 63.0 Å². The van der Waals surface area contributed by atoms with E-state index in [0.717, 1.165) is 90.1 Å². The van der Waals surface area contributed by atoms with Gasteiger partial charge in [0.05, 0.1) is 6.61 Å². The SMILES string of the molecule is CCCCOc1ccc(N2COc3c(cc4c5c(c(=O)oc4c3C)CCC5)C2)cc1. The van der Waals surface area contributed by atoms with Gasteiger partial charge >= 0.3 is 5.63 Å². The number of aryl methyl sites for hydroxylation is 2. The average Bonchev–Trinajstić information content (AvgIpc) is 3.26. The molecule has 3 aromatic rings. The van der Waals surface area contributed by atoms with Gasteiger partial charge in [0.25, 0.3) is 0 Å². The smallest absolute Gasteiger partial charge is 0.339 e. The monoisotopic (exact) mass is 405 g/mol. The fourth-order valence-electron chi connectivity index (χ4n) is 4.59. The minimum absolute atomic E-state index is 0.184. The van der Waals surface area contributed by atoms with E-state index in [9.17, 15) is 4.79 Å². The van der Waals surface area contributed by atoms with Crippen LogP contribution in [0.3, 0.4) is 0 Å². The van der Waals surface area contributed by atoms with Crippen LogP contribution in [0.2, 0.25) is 0 Å². The van der Waals surface area contributed by atoms with E-state index >= 15 is 0 Å². The molecule has 156 valence electrons. The number of hydrogen-bond acceptors (Lipinski definition) is 5. The lowest BCUT2D eigenvalue weighted by Gasteiger charge is -2.32. The third-order valence-corrected chi connectivity index (χ3v) is 6.21. The van der Waals surface area contributed by atoms with Gasteiger partial charge in [0.15, 0.2) is 6.73 Å². The van der Waals surface area contributed by atoms with Crippen LogP contribution in [-0.4, -0.2) is 13.3 Å². The van der Waals surface area contributed by atoms with Crippen LogP contribution in [0.4, 0.5) is 5.69 Å². The lowest BCUT2D eigenvalue weighted by Crippen LogP contribution is -2.32. The summed E-state index contributed by atoms with van der Waals surface area (Å²) in [5.41, 5.74) is 5.68. The quantitative estimate of drug-likeness (QED) is 0.435. The maximum atomic E-state index is 12.4. The van der Waals surface area contributed by atoms with Crippen molar-refractivity contribution in [3.63, 3.8) is 0 Å². The highest BCUT2D eigenvalue weighted by Crippen LogP contribution is 2.39. The van der Waals surface area contributed by atoms with Gasteiger partial charge in [-0.1, -0.05) is 13.3 Å². The zero-order valence-electron chi connectivity index (χ0n) is 17.6. The number of benzene rings is 2. The van der Waals surface area contributed by atoms with Crippen LogP contribution in [0.1, 0.15) is 48.4 Å². The van der Waals surface area contributed by atoms with E-state index in [1.54, 1.807) is 0 Å². The molecule has 5 rings (SSSR count). The number of fused-ring (bicyclic) bond motifs is 4. The summed E-state index contributed by atoms with van der Waals surface area (Å²) in [7, 11) is 0. The number of unbranched alkanes of at least 4 members (excludes halogenated alkanes) is 1. The van der Waals surface area contributed by atoms with Crippen LogP contribution in [0.5, 0.6) is 11.5 Å². The van der Waals surface area contributed by atoms with Crippen molar-refractivity contribution in [2.75, 3.05) is 18.2 Å². The first-order chi connectivity index (χ1) is 14.7. The molecule has 2 heterocycles. The maximum absolute atomic E-state index is 12.4. The van der Waals surface area contributed by atoms with Crippen molar-refractivity contribution in [2.45, 2.75) is 52.5 Å². The molecule has 2 aliphatic rings. The van der Waals surface area contributed by atoms with E-state index in [4.69, 9.17) is 13.9 Å². The zero-order chi connectivity index (χ0) is 20.7. The molecule has 0 radical (unpaired) electrons. The molecule has 2 aromatic carbocycles. The molecule has 0 amide bonds. The van der Waals surface area contributed by atoms with Crippen molar-refractivity contribution < 1.29 is 13.9 Å². The Labute approximate surface area is 176 Å². The van der Waals surface area contributed by atoms with Crippen molar-refractivity contribution in [1.29, 1.82) is 0 Å². The largest absolute Gasteiger partial charge is 0.494 e. The second kappa shape index (κ2) is 7.71. The van der Waals surface area contributed by atoms with Gasteiger partial charge in [0.1, 0.15) is 17.1 Å². The number of hydrogen-bond donors (Lipinski definition) is 0. The molecule has 0 fully saturated rings. The first kappa shape index (κ1) is 19.0. The van der Waals surface area contributed by atoms with Gasteiger partial charge in [-0.05, 0) is 68.5 Å².